The maximum Gasteiger partial charge on any atom is 0.230 e. The summed E-state index contributed by atoms with van der Waals surface area (Å²) in [5.74, 6) is 2.19. The highest BCUT2D eigenvalue weighted by Crippen LogP contribution is 2.43. The van der Waals surface area contributed by atoms with Crippen LogP contribution in [-0.4, -0.2) is 38.1 Å². The normalized spacial score (nSPS) is 28.5. The number of nitrogens with zero attached hydrogens (tertiary/aromatic N) is 1. The van der Waals surface area contributed by atoms with Gasteiger partial charge in [0.25, 0.3) is 0 Å². The molecule has 5 rings (SSSR count). The van der Waals surface area contributed by atoms with Crippen LogP contribution in [0.15, 0.2) is 18.2 Å². The minimum atomic E-state index is 0.280. The molecule has 2 saturated carbocycles. The number of nitrogens with one attached hydrogen (secondary N) is 2. The molecule has 0 bridgehead atoms. The number of hydrogen-bond acceptors (Lipinski definition) is 3. The topological polar surface area (TPSA) is 44.4 Å². The van der Waals surface area contributed by atoms with Crippen LogP contribution >= 0.6 is 0 Å². The molecule has 4 heteroatoms. The van der Waals surface area contributed by atoms with Crippen molar-refractivity contribution in [1.29, 1.82) is 0 Å². The fourth-order valence-electron chi connectivity index (χ4n) is 5.47. The Bertz CT molecular complexity index is 691. The summed E-state index contributed by atoms with van der Waals surface area (Å²) in [6, 6.07) is 7.58. The van der Waals surface area contributed by atoms with E-state index < -0.39 is 0 Å². The molecule has 4 aliphatic rings. The van der Waals surface area contributed by atoms with E-state index in [9.17, 15) is 4.79 Å². The summed E-state index contributed by atoms with van der Waals surface area (Å²) < 4.78 is 0. The molecular formula is C23H33N3O. The Labute approximate surface area is 163 Å². The number of hydrogen-bond donors (Lipinski definition) is 2. The van der Waals surface area contributed by atoms with Crippen molar-refractivity contribution >= 4 is 11.6 Å². The molecular weight excluding hydrogens is 334 g/mol. The monoisotopic (exact) mass is 367 g/mol. The summed E-state index contributed by atoms with van der Waals surface area (Å²) in [7, 11) is 0. The van der Waals surface area contributed by atoms with E-state index in [1.54, 1.807) is 0 Å². The van der Waals surface area contributed by atoms with Crippen LogP contribution in [0.5, 0.6) is 0 Å². The number of piperidine rings is 1. The number of anilines is 1. The summed E-state index contributed by atoms with van der Waals surface area (Å²) >= 11 is 0. The molecule has 2 heterocycles. The molecule has 1 aromatic carbocycles. The number of amides is 1. The minimum absolute atomic E-state index is 0.280. The molecule has 3 fully saturated rings. The Morgan fingerprint density at radius 1 is 1.15 bits per heavy atom. The zero-order valence-corrected chi connectivity index (χ0v) is 16.4. The smallest absolute Gasteiger partial charge is 0.230 e. The van der Waals surface area contributed by atoms with Gasteiger partial charge in [0.1, 0.15) is 0 Å². The van der Waals surface area contributed by atoms with E-state index >= 15 is 0 Å². The van der Waals surface area contributed by atoms with E-state index in [1.807, 2.05) is 0 Å². The zero-order valence-electron chi connectivity index (χ0n) is 16.4. The van der Waals surface area contributed by atoms with Gasteiger partial charge in [0.05, 0.1) is 0 Å². The van der Waals surface area contributed by atoms with Gasteiger partial charge < -0.3 is 15.5 Å². The van der Waals surface area contributed by atoms with Crippen LogP contribution in [0, 0.1) is 11.8 Å². The van der Waals surface area contributed by atoms with Gasteiger partial charge in [0, 0.05) is 30.1 Å². The van der Waals surface area contributed by atoms with Crippen molar-refractivity contribution in [2.24, 2.45) is 11.8 Å². The first-order valence-electron chi connectivity index (χ1n) is 11.2. The highest BCUT2D eigenvalue weighted by molar-refractivity contribution is 5.97. The predicted molar refractivity (Wildman–Crippen MR) is 109 cm³/mol. The molecule has 1 amide bonds. The molecule has 2 atom stereocenters. The van der Waals surface area contributed by atoms with Crippen LogP contribution in [0.1, 0.15) is 62.0 Å². The molecule has 2 aliphatic heterocycles. The van der Waals surface area contributed by atoms with Crippen molar-refractivity contribution in [2.75, 3.05) is 31.1 Å². The Balaban J connectivity index is 1.19. The molecule has 0 unspecified atom stereocenters. The third-order valence-electron chi connectivity index (χ3n) is 7.32. The Hall–Kier alpha value is -1.39. The summed E-state index contributed by atoms with van der Waals surface area (Å²) in [5, 5.41) is 7.26. The van der Waals surface area contributed by atoms with Crippen molar-refractivity contribution in [3.63, 3.8) is 0 Å². The van der Waals surface area contributed by atoms with E-state index in [2.05, 4.69) is 33.7 Å². The lowest BCUT2D eigenvalue weighted by Gasteiger charge is -2.23. The molecule has 2 aliphatic carbocycles. The second-order valence-corrected chi connectivity index (χ2v) is 9.16. The third-order valence-corrected chi connectivity index (χ3v) is 7.32. The molecule has 27 heavy (non-hydrogen) atoms. The van der Waals surface area contributed by atoms with Gasteiger partial charge in [-0.3, -0.25) is 4.79 Å². The van der Waals surface area contributed by atoms with Gasteiger partial charge in [-0.1, -0.05) is 25.0 Å². The van der Waals surface area contributed by atoms with Crippen molar-refractivity contribution < 1.29 is 4.79 Å². The lowest BCUT2D eigenvalue weighted by atomic mass is 9.98. The van der Waals surface area contributed by atoms with Gasteiger partial charge in [-0.2, -0.15) is 0 Å². The zero-order chi connectivity index (χ0) is 18.2. The van der Waals surface area contributed by atoms with E-state index in [4.69, 9.17) is 0 Å². The molecule has 0 spiro atoms. The summed E-state index contributed by atoms with van der Waals surface area (Å²) in [6.07, 6.45) is 9.57. The second kappa shape index (κ2) is 7.56. The Morgan fingerprint density at radius 3 is 2.78 bits per heavy atom. The predicted octanol–water partition coefficient (Wildman–Crippen LogP) is 3.21. The van der Waals surface area contributed by atoms with Crippen molar-refractivity contribution in [3.8, 4) is 0 Å². The van der Waals surface area contributed by atoms with Crippen molar-refractivity contribution in [3.05, 3.63) is 29.3 Å². The van der Waals surface area contributed by atoms with E-state index in [0.717, 1.165) is 31.7 Å². The Morgan fingerprint density at radius 2 is 1.96 bits per heavy atom. The average molecular weight is 368 g/mol. The molecule has 1 aromatic rings. The fourth-order valence-corrected chi connectivity index (χ4v) is 5.47. The van der Waals surface area contributed by atoms with Gasteiger partial charge in [-0.25, -0.2) is 0 Å². The lowest BCUT2D eigenvalue weighted by Crippen LogP contribution is -2.34. The Kier molecular flexibility index (Phi) is 4.95. The second-order valence-electron chi connectivity index (χ2n) is 9.16. The molecule has 0 aromatic heterocycles. The van der Waals surface area contributed by atoms with Crippen LogP contribution in [0.25, 0.3) is 0 Å². The maximum absolute atomic E-state index is 12.8. The number of carbonyl (C=O) groups excluding carboxylic acids is 1. The summed E-state index contributed by atoms with van der Waals surface area (Å²) in [6.45, 7) is 4.43. The first kappa shape index (κ1) is 17.7. The number of carbonyl (C=O) groups is 1. The lowest BCUT2D eigenvalue weighted by molar-refractivity contribution is -0.122. The average Bonchev–Trinajstić information content (AvgIpc) is 3.09. The molecule has 146 valence electrons. The molecule has 4 nitrogen and oxygen atoms in total. The van der Waals surface area contributed by atoms with Gasteiger partial charge in [0.15, 0.2) is 0 Å². The van der Waals surface area contributed by atoms with Crippen LogP contribution in [0.3, 0.4) is 0 Å². The van der Waals surface area contributed by atoms with Crippen LogP contribution < -0.4 is 15.5 Å². The van der Waals surface area contributed by atoms with Crippen LogP contribution in [0.2, 0.25) is 0 Å². The first-order valence-corrected chi connectivity index (χ1v) is 11.2. The van der Waals surface area contributed by atoms with Crippen molar-refractivity contribution in [2.45, 2.75) is 63.3 Å². The van der Waals surface area contributed by atoms with Gasteiger partial charge in [-0.05, 0) is 81.3 Å². The number of benzene rings is 1. The summed E-state index contributed by atoms with van der Waals surface area (Å²) in [5.41, 5.74) is 4.06. The van der Waals surface area contributed by atoms with Crippen molar-refractivity contribution in [1.82, 2.24) is 10.6 Å². The van der Waals surface area contributed by atoms with Gasteiger partial charge >= 0.3 is 0 Å². The molecule has 0 radical (unpaired) electrons. The van der Waals surface area contributed by atoms with Gasteiger partial charge in [-0.15, -0.1) is 0 Å². The third kappa shape index (κ3) is 3.66. The van der Waals surface area contributed by atoms with E-state index in [-0.39, 0.29) is 5.92 Å². The summed E-state index contributed by atoms with van der Waals surface area (Å²) in [4.78, 5) is 14.9. The fraction of sp³-hybridized carbons (Fsp3) is 0.696. The first-order chi connectivity index (χ1) is 13.3. The van der Waals surface area contributed by atoms with E-state index in [1.165, 1.54) is 68.6 Å². The highest BCUT2D eigenvalue weighted by atomic mass is 16.2. The molecule has 1 saturated heterocycles. The standard InChI is InChI=1S/C23H33N3O/c27-23(17-3-1-2-4-17)26-12-9-19-13-18(5-6-22(19)26)20-14-21(20)25-15-16-7-10-24-11-8-16/h5-6,13,16-17,20-21,24-25H,1-4,7-12,14-15H2/t20-,21+/m0/s1. The largest absolute Gasteiger partial charge is 0.317 e. The highest BCUT2D eigenvalue weighted by Gasteiger charge is 2.39. The molecule has 2 N–H and O–H groups in total. The minimum Gasteiger partial charge on any atom is -0.317 e. The van der Waals surface area contributed by atoms with Crippen LogP contribution in [-0.2, 0) is 11.2 Å². The number of rotatable bonds is 5. The number of fused-ring (bicyclic) bond motifs is 1. The van der Waals surface area contributed by atoms with Gasteiger partial charge in [0.2, 0.25) is 5.91 Å². The SMILES string of the molecule is O=C(C1CCCC1)N1CCc2cc([C@@H]3C[C@H]3NCC3CCNCC3)ccc21. The van der Waals surface area contributed by atoms with E-state index in [0.29, 0.717) is 17.9 Å². The van der Waals surface area contributed by atoms with Crippen LogP contribution in [0.4, 0.5) is 5.69 Å². The quantitative estimate of drug-likeness (QED) is 0.840. The maximum atomic E-state index is 12.8.